The molecule has 13 heavy (non-hydrogen) atoms. The van der Waals surface area contributed by atoms with Crippen molar-refractivity contribution in [3.8, 4) is 0 Å². The van der Waals surface area contributed by atoms with E-state index in [-0.39, 0.29) is 40.0 Å². The molecule has 0 bridgehead atoms. The quantitative estimate of drug-likeness (QED) is 0.225. The van der Waals surface area contributed by atoms with Crippen molar-refractivity contribution >= 4 is 23.1 Å². The summed E-state index contributed by atoms with van der Waals surface area (Å²) < 4.78 is 14.9. The first kappa shape index (κ1) is 19.7. The number of hydrogen-bond donors (Lipinski definition) is 0. The Labute approximate surface area is 107 Å². The van der Waals surface area contributed by atoms with Crippen molar-refractivity contribution in [2.45, 2.75) is 6.92 Å². The summed E-state index contributed by atoms with van der Waals surface area (Å²) in [5, 5.41) is 0. The van der Waals surface area contributed by atoms with Crippen LogP contribution in [0.15, 0.2) is 0 Å². The minimum absolute atomic E-state index is 0. The maximum atomic E-state index is 5.10. The second-order valence-electron chi connectivity index (χ2n) is 2.49. The molecular formula is C8H17BrMgO3. The Morgan fingerprint density at radius 1 is 1.23 bits per heavy atom. The van der Waals surface area contributed by atoms with Crippen LogP contribution in [0.1, 0.15) is 6.92 Å². The van der Waals surface area contributed by atoms with Gasteiger partial charge in [-0.15, -0.1) is 5.92 Å². The molecule has 0 aromatic heterocycles. The van der Waals surface area contributed by atoms with Gasteiger partial charge in [-0.1, -0.05) is 6.92 Å². The fourth-order valence-electron chi connectivity index (χ4n) is 0.509. The molecule has 0 aromatic carbocycles. The average molecular weight is 265 g/mol. The third-order valence-electron chi connectivity index (χ3n) is 1.00. The van der Waals surface area contributed by atoms with Crippen LogP contribution < -0.4 is 17.0 Å². The minimum Gasteiger partial charge on any atom is -1.00 e. The van der Waals surface area contributed by atoms with Crippen molar-refractivity contribution in [1.29, 1.82) is 0 Å². The van der Waals surface area contributed by atoms with Crippen molar-refractivity contribution in [2.75, 3.05) is 33.7 Å². The standard InChI is InChI=1S/C8H17O3.BrH.Mg/c1-8(2)6-11-7-10-5-4-9-3;;/h8H,1,4-7H2,2-3H3;1H;/q-1;;+2/p-1/t8-;;/m0../s1. The molecule has 0 aliphatic rings. The zero-order valence-electron chi connectivity index (χ0n) is 8.42. The van der Waals surface area contributed by atoms with Crippen LogP contribution in [0.2, 0.25) is 0 Å². The molecule has 0 heterocycles. The van der Waals surface area contributed by atoms with E-state index < -0.39 is 0 Å². The molecule has 76 valence electrons. The number of ether oxygens (including phenoxy) is 3. The molecule has 1 atom stereocenters. The van der Waals surface area contributed by atoms with E-state index in [0.29, 0.717) is 32.5 Å². The van der Waals surface area contributed by atoms with Gasteiger partial charge in [0, 0.05) is 13.7 Å². The summed E-state index contributed by atoms with van der Waals surface area (Å²) in [7, 11) is 1.64. The molecule has 0 unspecified atom stereocenters. The summed E-state index contributed by atoms with van der Waals surface area (Å²) in [6, 6.07) is 0. The monoisotopic (exact) mass is 264 g/mol. The molecule has 0 saturated carbocycles. The molecule has 3 nitrogen and oxygen atoms in total. The van der Waals surface area contributed by atoms with Crippen LogP contribution in [0.25, 0.3) is 0 Å². The van der Waals surface area contributed by atoms with E-state index in [9.17, 15) is 0 Å². The van der Waals surface area contributed by atoms with E-state index in [2.05, 4.69) is 6.92 Å². The molecule has 0 aliphatic carbocycles. The van der Waals surface area contributed by atoms with Gasteiger partial charge in [0.1, 0.15) is 6.79 Å². The van der Waals surface area contributed by atoms with Gasteiger partial charge in [-0.2, -0.15) is 0 Å². The second-order valence-corrected chi connectivity index (χ2v) is 2.49. The third-order valence-corrected chi connectivity index (χ3v) is 1.00. The number of hydrogen-bond acceptors (Lipinski definition) is 3. The molecule has 0 N–H and O–H groups in total. The second kappa shape index (κ2) is 15.6. The summed E-state index contributed by atoms with van der Waals surface area (Å²) >= 11 is 0. The third kappa shape index (κ3) is 19.5. The Kier molecular flexibility index (Phi) is 23.6. The average Bonchev–Trinajstić information content (AvgIpc) is 1.96. The van der Waals surface area contributed by atoms with Crippen LogP contribution in [0.3, 0.4) is 0 Å². The van der Waals surface area contributed by atoms with E-state index in [1.54, 1.807) is 7.11 Å². The van der Waals surface area contributed by atoms with Crippen molar-refractivity contribution < 1.29 is 31.2 Å². The molecule has 0 amide bonds. The van der Waals surface area contributed by atoms with Crippen LogP contribution in [0.5, 0.6) is 0 Å². The van der Waals surface area contributed by atoms with Crippen LogP contribution in [-0.4, -0.2) is 56.8 Å². The number of rotatable bonds is 7. The fourth-order valence-corrected chi connectivity index (χ4v) is 0.509. The smallest absolute Gasteiger partial charge is 1.00 e. The predicted octanol–water partition coefficient (Wildman–Crippen LogP) is -2.28. The molecule has 0 radical (unpaired) electrons. The first-order valence-electron chi connectivity index (χ1n) is 3.75. The van der Waals surface area contributed by atoms with Gasteiger partial charge in [0.05, 0.1) is 13.2 Å². The molecule has 0 aliphatic heterocycles. The topological polar surface area (TPSA) is 27.7 Å². The molecular weight excluding hydrogens is 248 g/mol. The van der Waals surface area contributed by atoms with Gasteiger partial charge < -0.3 is 38.1 Å². The Bertz CT molecular complexity index is 83.8. The van der Waals surface area contributed by atoms with Crippen LogP contribution in [-0.2, 0) is 14.2 Å². The van der Waals surface area contributed by atoms with Crippen molar-refractivity contribution in [2.24, 2.45) is 5.92 Å². The summed E-state index contributed by atoms with van der Waals surface area (Å²) in [6.45, 7) is 7.94. The van der Waals surface area contributed by atoms with E-state index >= 15 is 0 Å². The van der Waals surface area contributed by atoms with E-state index in [4.69, 9.17) is 14.2 Å². The predicted molar refractivity (Wildman–Crippen MR) is 48.9 cm³/mol. The number of methoxy groups -OCH3 is 1. The molecule has 0 spiro atoms. The van der Waals surface area contributed by atoms with Gasteiger partial charge in [-0.3, -0.25) is 0 Å². The van der Waals surface area contributed by atoms with E-state index in [0.717, 1.165) is 0 Å². The summed E-state index contributed by atoms with van der Waals surface area (Å²) in [5.74, 6) is 0.320. The fraction of sp³-hybridized carbons (Fsp3) is 0.875. The van der Waals surface area contributed by atoms with Gasteiger partial charge >= 0.3 is 23.1 Å². The van der Waals surface area contributed by atoms with Crippen molar-refractivity contribution in [3.63, 3.8) is 0 Å². The van der Waals surface area contributed by atoms with Gasteiger partial charge in [-0.25, -0.2) is 0 Å². The minimum atomic E-state index is 0. The van der Waals surface area contributed by atoms with Gasteiger partial charge in [0.15, 0.2) is 0 Å². The Morgan fingerprint density at radius 3 is 2.31 bits per heavy atom. The first-order valence-corrected chi connectivity index (χ1v) is 3.75. The normalized spacial score (nSPS) is 11.3. The zero-order chi connectivity index (χ0) is 8.53. The molecule has 5 heteroatoms. The SMILES string of the molecule is [Br-].[CH2-][C@@H](C)COCOCCOC.[Mg+2]. The Balaban J connectivity index is -0.000000500. The maximum absolute atomic E-state index is 5.10. The van der Waals surface area contributed by atoms with Crippen LogP contribution in [0, 0.1) is 12.8 Å². The largest absolute Gasteiger partial charge is 2.00 e. The summed E-state index contributed by atoms with van der Waals surface area (Å²) in [6.07, 6.45) is 0. The molecule has 0 rings (SSSR count). The first-order chi connectivity index (χ1) is 5.27. The zero-order valence-corrected chi connectivity index (χ0v) is 11.4. The maximum Gasteiger partial charge on any atom is 2.00 e. The Hall–Kier alpha value is 1.13. The van der Waals surface area contributed by atoms with Crippen LogP contribution in [0.4, 0.5) is 0 Å². The molecule has 0 aromatic rings. The van der Waals surface area contributed by atoms with Crippen molar-refractivity contribution in [1.82, 2.24) is 0 Å². The van der Waals surface area contributed by atoms with E-state index in [1.807, 2.05) is 6.92 Å². The molecule has 0 saturated heterocycles. The summed E-state index contributed by atoms with van der Waals surface area (Å²) in [5.41, 5.74) is 0. The van der Waals surface area contributed by atoms with Crippen LogP contribution >= 0.6 is 0 Å². The molecule has 0 fully saturated rings. The van der Waals surface area contributed by atoms with Gasteiger partial charge in [0.2, 0.25) is 0 Å². The van der Waals surface area contributed by atoms with Gasteiger partial charge in [0.25, 0.3) is 0 Å². The van der Waals surface area contributed by atoms with Gasteiger partial charge in [-0.05, 0) is 0 Å². The van der Waals surface area contributed by atoms with Crippen molar-refractivity contribution in [3.05, 3.63) is 6.92 Å². The Morgan fingerprint density at radius 2 is 1.85 bits per heavy atom. The van der Waals surface area contributed by atoms with E-state index in [1.165, 1.54) is 0 Å². The summed E-state index contributed by atoms with van der Waals surface area (Å²) in [4.78, 5) is 0. The number of halogens is 1.